The predicted octanol–water partition coefficient (Wildman–Crippen LogP) is 2.42. The van der Waals surface area contributed by atoms with Gasteiger partial charge in [-0.25, -0.2) is 23.1 Å². The van der Waals surface area contributed by atoms with Crippen molar-refractivity contribution in [1.29, 1.82) is 0 Å². The molecule has 0 fully saturated rings. The van der Waals surface area contributed by atoms with E-state index in [9.17, 15) is 18.0 Å². The molecule has 12 heteroatoms. The first-order valence-corrected chi connectivity index (χ1v) is 11.7. The molecule has 11 nitrogen and oxygen atoms in total. The maximum absolute atomic E-state index is 12.5. The number of rotatable bonds is 10. The zero-order valence-corrected chi connectivity index (χ0v) is 19.3. The van der Waals surface area contributed by atoms with E-state index >= 15 is 0 Å². The molecule has 0 bridgehead atoms. The normalized spacial score (nSPS) is 11.0. The van der Waals surface area contributed by atoms with Crippen LogP contribution in [0.4, 0.5) is 23.0 Å². The lowest BCUT2D eigenvalue weighted by Gasteiger charge is -2.18. The average Bonchev–Trinajstić information content (AvgIpc) is 2.83. The van der Waals surface area contributed by atoms with Gasteiger partial charge in [0.05, 0.1) is 4.90 Å². The van der Waals surface area contributed by atoms with E-state index in [-0.39, 0.29) is 23.9 Å². The van der Waals surface area contributed by atoms with Gasteiger partial charge in [-0.1, -0.05) is 6.07 Å². The number of nitrogens with one attached hydrogen (secondary N) is 3. The molecule has 0 aliphatic carbocycles. The van der Waals surface area contributed by atoms with Crippen molar-refractivity contribution >= 4 is 44.9 Å². The van der Waals surface area contributed by atoms with E-state index in [0.717, 1.165) is 0 Å². The van der Waals surface area contributed by atoms with E-state index in [2.05, 4.69) is 25.3 Å². The fraction of sp³-hybridized carbons (Fsp3) is 0.182. The van der Waals surface area contributed by atoms with Gasteiger partial charge in [0.25, 0.3) is 5.91 Å². The summed E-state index contributed by atoms with van der Waals surface area (Å²) in [7, 11) is -2.23. The molecule has 3 rings (SSSR count). The van der Waals surface area contributed by atoms with Crippen molar-refractivity contribution in [3.05, 3.63) is 66.5 Å². The molecule has 0 aliphatic heterocycles. The van der Waals surface area contributed by atoms with Gasteiger partial charge < -0.3 is 20.6 Å². The Bertz CT molecular complexity index is 1280. The predicted molar refractivity (Wildman–Crippen MR) is 127 cm³/mol. The molecule has 0 radical (unpaired) electrons. The quantitative estimate of drug-likeness (QED) is 0.340. The number of likely N-dealkylation sites (N-methyl/N-ethyl adjacent to an activating group) is 1. The summed E-state index contributed by atoms with van der Waals surface area (Å²) >= 11 is 0. The monoisotopic (exact) mass is 484 g/mol. The lowest BCUT2D eigenvalue weighted by molar-refractivity contribution is -0.137. The van der Waals surface area contributed by atoms with E-state index in [1.807, 2.05) is 0 Å². The average molecular weight is 485 g/mol. The SMILES string of the molecule is CCN(CC(=O)O)C(=O)c1ccc(Nc2cc(Nc3cccc(S(=O)(=O)NC)c3)ncn2)cc1. The Kier molecular flexibility index (Phi) is 7.76. The minimum Gasteiger partial charge on any atom is -0.480 e. The fourth-order valence-corrected chi connectivity index (χ4v) is 3.79. The number of sulfonamides is 1. The maximum atomic E-state index is 12.5. The van der Waals surface area contributed by atoms with Gasteiger partial charge in [0.2, 0.25) is 10.0 Å². The third kappa shape index (κ3) is 6.27. The highest BCUT2D eigenvalue weighted by molar-refractivity contribution is 7.89. The molecule has 0 saturated heterocycles. The van der Waals surface area contributed by atoms with Crippen molar-refractivity contribution in [2.24, 2.45) is 0 Å². The Labute approximate surface area is 196 Å². The van der Waals surface area contributed by atoms with Crippen LogP contribution in [0, 0.1) is 0 Å². The van der Waals surface area contributed by atoms with Crippen LogP contribution >= 0.6 is 0 Å². The molecular weight excluding hydrogens is 460 g/mol. The van der Waals surface area contributed by atoms with Gasteiger partial charge in [-0.2, -0.15) is 0 Å². The van der Waals surface area contributed by atoms with Crippen LogP contribution in [-0.2, 0) is 14.8 Å². The van der Waals surface area contributed by atoms with E-state index < -0.39 is 16.0 Å². The smallest absolute Gasteiger partial charge is 0.323 e. The molecule has 1 aromatic heterocycles. The number of hydrogen-bond acceptors (Lipinski definition) is 8. The number of hydrogen-bond donors (Lipinski definition) is 4. The summed E-state index contributed by atoms with van der Waals surface area (Å²) in [5.74, 6) is -0.531. The second kappa shape index (κ2) is 10.7. The van der Waals surface area contributed by atoms with Crippen LogP contribution in [0.15, 0.2) is 65.8 Å². The highest BCUT2D eigenvalue weighted by Gasteiger charge is 2.17. The summed E-state index contributed by atoms with van der Waals surface area (Å²) in [4.78, 5) is 33.1. The Balaban J connectivity index is 1.71. The van der Waals surface area contributed by atoms with Crippen molar-refractivity contribution in [2.45, 2.75) is 11.8 Å². The third-order valence-corrected chi connectivity index (χ3v) is 6.16. The fourth-order valence-electron chi connectivity index (χ4n) is 3.02. The summed E-state index contributed by atoms with van der Waals surface area (Å²) in [5.41, 5.74) is 1.56. The van der Waals surface area contributed by atoms with Gasteiger partial charge in [-0.15, -0.1) is 0 Å². The minimum absolute atomic E-state index is 0.118. The Hall–Kier alpha value is -4.03. The van der Waals surface area contributed by atoms with Crippen LogP contribution in [0.25, 0.3) is 0 Å². The molecule has 3 aromatic rings. The van der Waals surface area contributed by atoms with E-state index in [4.69, 9.17) is 5.11 Å². The van der Waals surface area contributed by atoms with Crippen molar-refractivity contribution in [3.8, 4) is 0 Å². The van der Waals surface area contributed by atoms with Gasteiger partial charge in [0, 0.05) is 29.5 Å². The standard InChI is InChI=1S/C22H24N6O5S/c1-3-28(13-21(29)30)22(31)15-7-9-16(10-8-15)26-19-12-20(25-14-24-19)27-17-5-4-6-18(11-17)34(32,33)23-2/h4-12,14,23H,3,13H2,1-2H3,(H,29,30)(H2,24,25,26,27). The van der Waals surface area contributed by atoms with Crippen LogP contribution < -0.4 is 15.4 Å². The number of nitrogens with zero attached hydrogens (tertiary/aromatic N) is 3. The third-order valence-electron chi connectivity index (χ3n) is 4.75. The van der Waals surface area contributed by atoms with Crippen molar-refractivity contribution in [3.63, 3.8) is 0 Å². The molecular formula is C22H24N6O5S. The Morgan fingerprint density at radius 2 is 1.62 bits per heavy atom. The summed E-state index contributed by atoms with van der Waals surface area (Å²) in [6, 6.07) is 14.5. The number of aliphatic carboxylic acids is 1. The number of carboxylic acid groups (broad SMARTS) is 1. The molecule has 1 amide bonds. The molecule has 1 heterocycles. The molecule has 0 atom stereocenters. The van der Waals surface area contributed by atoms with Crippen molar-refractivity contribution in [2.75, 3.05) is 30.8 Å². The highest BCUT2D eigenvalue weighted by Crippen LogP contribution is 2.22. The van der Waals surface area contributed by atoms with E-state index in [0.29, 0.717) is 28.6 Å². The van der Waals surface area contributed by atoms with Gasteiger partial charge in [-0.3, -0.25) is 9.59 Å². The minimum atomic E-state index is -3.58. The highest BCUT2D eigenvalue weighted by atomic mass is 32.2. The Morgan fingerprint density at radius 3 is 2.21 bits per heavy atom. The number of benzene rings is 2. The molecule has 0 unspecified atom stereocenters. The van der Waals surface area contributed by atoms with Crippen LogP contribution in [0.2, 0.25) is 0 Å². The maximum Gasteiger partial charge on any atom is 0.323 e. The number of carbonyl (C=O) groups is 2. The number of carbonyl (C=O) groups excluding carboxylic acids is 1. The summed E-state index contributed by atoms with van der Waals surface area (Å²) < 4.78 is 26.3. The van der Waals surface area contributed by atoms with Gasteiger partial charge in [0.15, 0.2) is 0 Å². The topological polar surface area (TPSA) is 154 Å². The lowest BCUT2D eigenvalue weighted by Crippen LogP contribution is -2.35. The molecule has 178 valence electrons. The number of carboxylic acids is 1. The first kappa shape index (κ1) is 24.6. The molecule has 0 spiro atoms. The molecule has 0 saturated carbocycles. The zero-order valence-electron chi connectivity index (χ0n) is 18.5. The van der Waals surface area contributed by atoms with Crippen LogP contribution in [-0.4, -0.2) is 60.4 Å². The first-order chi connectivity index (χ1) is 16.2. The molecule has 34 heavy (non-hydrogen) atoms. The number of amides is 1. The van der Waals surface area contributed by atoms with E-state index in [1.54, 1.807) is 49.4 Å². The second-order valence-corrected chi connectivity index (χ2v) is 8.95. The van der Waals surface area contributed by atoms with E-state index in [1.165, 1.54) is 30.4 Å². The Morgan fingerprint density at radius 1 is 0.971 bits per heavy atom. The zero-order chi connectivity index (χ0) is 24.7. The summed E-state index contributed by atoms with van der Waals surface area (Å²) in [6.07, 6.45) is 1.35. The number of aromatic nitrogens is 2. The molecule has 0 aliphatic rings. The molecule has 2 aromatic carbocycles. The summed E-state index contributed by atoms with van der Waals surface area (Å²) in [5, 5.41) is 15.1. The lowest BCUT2D eigenvalue weighted by atomic mass is 10.1. The largest absolute Gasteiger partial charge is 0.480 e. The second-order valence-electron chi connectivity index (χ2n) is 7.06. The van der Waals surface area contributed by atoms with Crippen LogP contribution in [0.5, 0.6) is 0 Å². The summed E-state index contributed by atoms with van der Waals surface area (Å²) in [6.45, 7) is 1.63. The van der Waals surface area contributed by atoms with Gasteiger partial charge in [0.1, 0.15) is 24.5 Å². The number of anilines is 4. The molecule has 4 N–H and O–H groups in total. The van der Waals surface area contributed by atoms with Gasteiger partial charge >= 0.3 is 5.97 Å². The van der Waals surface area contributed by atoms with Crippen molar-refractivity contribution in [1.82, 2.24) is 19.6 Å². The van der Waals surface area contributed by atoms with Crippen LogP contribution in [0.3, 0.4) is 0 Å². The first-order valence-electron chi connectivity index (χ1n) is 10.2. The van der Waals surface area contributed by atoms with Gasteiger partial charge in [-0.05, 0) is 56.4 Å². The van der Waals surface area contributed by atoms with Crippen LogP contribution in [0.1, 0.15) is 17.3 Å². The van der Waals surface area contributed by atoms with Crippen molar-refractivity contribution < 1.29 is 23.1 Å².